The Balaban J connectivity index is 1.79. The number of aliphatic hydroxyl groups is 1. The van der Waals surface area contributed by atoms with E-state index in [2.05, 4.69) is 0 Å². The summed E-state index contributed by atoms with van der Waals surface area (Å²) in [6, 6.07) is 9.39. The number of fused-ring (bicyclic) bond motifs is 1. The van der Waals surface area contributed by atoms with Crippen LogP contribution in [0.5, 0.6) is 0 Å². The van der Waals surface area contributed by atoms with Crippen LogP contribution in [0, 0.1) is 0 Å². The van der Waals surface area contributed by atoms with Gasteiger partial charge in [-0.3, -0.25) is 0 Å². The lowest BCUT2D eigenvalue weighted by Crippen LogP contribution is -2.48. The normalized spacial score (nSPS) is 36.4. The van der Waals surface area contributed by atoms with Crippen molar-refractivity contribution in [3.8, 4) is 0 Å². The summed E-state index contributed by atoms with van der Waals surface area (Å²) in [5.41, 5.74) is 0.863. The number of esters is 1. The number of aliphatic hydroxyl groups excluding tert-OH is 1. The Morgan fingerprint density at radius 1 is 1.18 bits per heavy atom. The maximum Gasteiger partial charge on any atom is 0.337 e. The second kappa shape index (κ2) is 4.10. The molecule has 0 aromatic heterocycles. The van der Waals surface area contributed by atoms with Gasteiger partial charge >= 0.3 is 5.97 Å². The molecule has 1 aromatic carbocycles. The Kier molecular flexibility index (Phi) is 2.58. The average molecular weight is 236 g/mol. The molecule has 0 saturated carbocycles. The third-order valence-corrected chi connectivity index (χ3v) is 2.96. The number of ether oxygens (including phenoxy) is 3. The third kappa shape index (κ3) is 1.82. The van der Waals surface area contributed by atoms with E-state index in [4.69, 9.17) is 14.2 Å². The van der Waals surface area contributed by atoms with E-state index in [1.807, 2.05) is 30.3 Å². The summed E-state index contributed by atoms with van der Waals surface area (Å²) in [4.78, 5) is 11.2. The van der Waals surface area contributed by atoms with Gasteiger partial charge in [-0.15, -0.1) is 0 Å². The fourth-order valence-corrected chi connectivity index (χ4v) is 2.06. The van der Waals surface area contributed by atoms with Gasteiger partial charge in [-0.25, -0.2) is 4.79 Å². The molecule has 0 radical (unpaired) electrons. The molecular weight excluding hydrogens is 224 g/mol. The summed E-state index contributed by atoms with van der Waals surface area (Å²) < 4.78 is 16.0. The molecule has 90 valence electrons. The molecule has 1 aromatic rings. The summed E-state index contributed by atoms with van der Waals surface area (Å²) in [5, 5.41) is 9.63. The second-order valence-corrected chi connectivity index (χ2v) is 4.09. The lowest BCUT2D eigenvalue weighted by atomic mass is 10.1. The molecule has 1 unspecified atom stereocenters. The Morgan fingerprint density at radius 2 is 1.94 bits per heavy atom. The molecule has 2 heterocycles. The first-order chi connectivity index (χ1) is 8.25. The zero-order valence-corrected chi connectivity index (χ0v) is 8.98. The van der Waals surface area contributed by atoms with Crippen molar-refractivity contribution in [2.45, 2.75) is 24.6 Å². The molecule has 5 nitrogen and oxygen atoms in total. The van der Waals surface area contributed by atoms with Crippen molar-refractivity contribution in [3.63, 3.8) is 0 Å². The van der Waals surface area contributed by atoms with Crippen molar-refractivity contribution >= 4 is 5.97 Å². The lowest BCUT2D eigenvalue weighted by molar-refractivity contribution is -0.173. The monoisotopic (exact) mass is 236 g/mol. The number of hydrogen-bond acceptors (Lipinski definition) is 5. The third-order valence-electron chi connectivity index (χ3n) is 2.96. The van der Waals surface area contributed by atoms with Crippen molar-refractivity contribution in [2.24, 2.45) is 0 Å². The first kappa shape index (κ1) is 10.7. The standard InChI is InChI=1S/C12H12O5/c13-9-10-8(6-15-11(9)14)16-12(17-10)7-4-2-1-3-5-7/h1-5,8-10,12-13H,6H2/t8-,9-,10-,12?/m1/s1. The van der Waals surface area contributed by atoms with Crippen LogP contribution in [0.25, 0.3) is 0 Å². The number of benzene rings is 1. The van der Waals surface area contributed by atoms with Gasteiger partial charge in [0.2, 0.25) is 0 Å². The highest BCUT2D eigenvalue weighted by atomic mass is 16.7. The van der Waals surface area contributed by atoms with Crippen LogP contribution in [0.2, 0.25) is 0 Å². The predicted molar refractivity (Wildman–Crippen MR) is 55.9 cm³/mol. The smallest absolute Gasteiger partial charge is 0.337 e. The maximum atomic E-state index is 11.2. The molecule has 2 fully saturated rings. The van der Waals surface area contributed by atoms with Crippen molar-refractivity contribution in [3.05, 3.63) is 35.9 Å². The molecule has 0 amide bonds. The van der Waals surface area contributed by atoms with Gasteiger partial charge < -0.3 is 19.3 Å². The van der Waals surface area contributed by atoms with Crippen LogP contribution in [0.4, 0.5) is 0 Å². The Morgan fingerprint density at radius 3 is 2.71 bits per heavy atom. The second-order valence-electron chi connectivity index (χ2n) is 4.09. The Hall–Kier alpha value is -1.43. The van der Waals surface area contributed by atoms with Crippen LogP contribution < -0.4 is 0 Å². The minimum Gasteiger partial charge on any atom is -0.461 e. The molecule has 0 bridgehead atoms. The summed E-state index contributed by atoms with van der Waals surface area (Å²) in [7, 11) is 0. The molecule has 2 aliphatic heterocycles. The minimum absolute atomic E-state index is 0.129. The fraction of sp³-hybridized carbons (Fsp3) is 0.417. The van der Waals surface area contributed by atoms with Crippen molar-refractivity contribution < 1.29 is 24.1 Å². The maximum absolute atomic E-state index is 11.2. The van der Waals surface area contributed by atoms with E-state index in [1.54, 1.807) is 0 Å². The number of carbonyl (C=O) groups excluding carboxylic acids is 1. The van der Waals surface area contributed by atoms with Crippen LogP contribution in [0.3, 0.4) is 0 Å². The van der Waals surface area contributed by atoms with E-state index in [1.165, 1.54) is 0 Å². The zero-order valence-electron chi connectivity index (χ0n) is 8.98. The van der Waals surface area contributed by atoms with E-state index in [0.717, 1.165) is 5.56 Å². The van der Waals surface area contributed by atoms with Crippen LogP contribution in [0.15, 0.2) is 30.3 Å². The van der Waals surface area contributed by atoms with Gasteiger partial charge in [-0.1, -0.05) is 30.3 Å². The van der Waals surface area contributed by atoms with Crippen LogP contribution in [-0.4, -0.2) is 36.0 Å². The predicted octanol–water partition coefficient (Wildman–Crippen LogP) is 0.387. The average Bonchev–Trinajstić information content (AvgIpc) is 2.80. The molecule has 17 heavy (non-hydrogen) atoms. The highest BCUT2D eigenvalue weighted by Gasteiger charge is 2.48. The quantitative estimate of drug-likeness (QED) is 0.714. The van der Waals surface area contributed by atoms with Gasteiger partial charge in [0.05, 0.1) is 0 Å². The van der Waals surface area contributed by atoms with Gasteiger partial charge in [-0.2, -0.15) is 0 Å². The van der Waals surface area contributed by atoms with Crippen molar-refractivity contribution in [1.82, 2.24) is 0 Å². The lowest BCUT2D eigenvalue weighted by Gasteiger charge is -2.25. The summed E-state index contributed by atoms with van der Waals surface area (Å²) in [6.07, 6.45) is -2.84. The Bertz CT molecular complexity index is 418. The van der Waals surface area contributed by atoms with Gasteiger partial charge in [0.1, 0.15) is 18.8 Å². The molecule has 5 heteroatoms. The largest absolute Gasteiger partial charge is 0.461 e. The molecule has 0 aliphatic carbocycles. The van der Waals surface area contributed by atoms with E-state index in [9.17, 15) is 9.90 Å². The van der Waals surface area contributed by atoms with Gasteiger partial charge in [0.25, 0.3) is 0 Å². The first-order valence-electron chi connectivity index (χ1n) is 5.46. The zero-order chi connectivity index (χ0) is 11.8. The van der Waals surface area contributed by atoms with Gasteiger partial charge in [-0.05, 0) is 0 Å². The summed E-state index contributed by atoms with van der Waals surface area (Å²) in [5.74, 6) is -0.649. The van der Waals surface area contributed by atoms with Crippen LogP contribution in [0.1, 0.15) is 11.9 Å². The highest BCUT2D eigenvalue weighted by Crippen LogP contribution is 2.34. The van der Waals surface area contributed by atoms with Gasteiger partial charge in [0.15, 0.2) is 12.4 Å². The molecule has 4 atom stereocenters. The highest BCUT2D eigenvalue weighted by molar-refractivity contribution is 5.76. The topological polar surface area (TPSA) is 65.0 Å². The molecule has 0 spiro atoms. The summed E-state index contributed by atoms with van der Waals surface area (Å²) >= 11 is 0. The fourth-order valence-electron chi connectivity index (χ4n) is 2.06. The van der Waals surface area contributed by atoms with E-state index in [-0.39, 0.29) is 6.61 Å². The van der Waals surface area contributed by atoms with Crippen LogP contribution >= 0.6 is 0 Å². The van der Waals surface area contributed by atoms with Crippen molar-refractivity contribution in [1.29, 1.82) is 0 Å². The first-order valence-corrected chi connectivity index (χ1v) is 5.46. The number of rotatable bonds is 1. The Labute approximate surface area is 97.9 Å². The van der Waals surface area contributed by atoms with Gasteiger partial charge in [0, 0.05) is 5.56 Å². The van der Waals surface area contributed by atoms with Crippen LogP contribution in [-0.2, 0) is 19.0 Å². The van der Waals surface area contributed by atoms with E-state index in [0.29, 0.717) is 0 Å². The molecule has 2 saturated heterocycles. The molecular formula is C12H12O5. The number of hydrogen-bond donors (Lipinski definition) is 1. The molecule has 2 aliphatic rings. The van der Waals surface area contributed by atoms with E-state index < -0.39 is 30.6 Å². The molecule has 3 rings (SSSR count). The van der Waals surface area contributed by atoms with Crippen molar-refractivity contribution in [2.75, 3.05) is 6.61 Å². The van der Waals surface area contributed by atoms with E-state index >= 15 is 0 Å². The molecule has 1 N–H and O–H groups in total. The minimum atomic E-state index is -1.26. The SMILES string of the molecule is O=C1OC[C@H]2OC(c3ccccc3)O[C@H]2[C@H]1O. The summed E-state index contributed by atoms with van der Waals surface area (Å²) in [6.45, 7) is 0.129. The number of cyclic esters (lactones) is 1. The number of carbonyl (C=O) groups is 1.